The summed E-state index contributed by atoms with van der Waals surface area (Å²) in [5.41, 5.74) is 3.24. The van der Waals surface area contributed by atoms with E-state index in [1.165, 1.54) is 17.6 Å². The van der Waals surface area contributed by atoms with Crippen LogP contribution >= 0.6 is 11.3 Å². The van der Waals surface area contributed by atoms with Crippen LogP contribution in [0, 0.1) is 5.92 Å². The highest BCUT2D eigenvalue weighted by atomic mass is 32.1. The molecular weight excluding hydrogens is 350 g/mol. The van der Waals surface area contributed by atoms with E-state index in [2.05, 4.69) is 15.8 Å². The zero-order valence-corrected chi connectivity index (χ0v) is 15.9. The second-order valence-corrected chi connectivity index (χ2v) is 7.05. The van der Waals surface area contributed by atoms with Gasteiger partial charge in [-0.05, 0) is 29.5 Å². The summed E-state index contributed by atoms with van der Waals surface area (Å²) in [7, 11) is 1.57. The van der Waals surface area contributed by atoms with Crippen molar-refractivity contribution in [3.8, 4) is 5.75 Å². The Labute approximate surface area is 157 Å². The Balaban J connectivity index is 1.95. The van der Waals surface area contributed by atoms with E-state index in [1.807, 2.05) is 55.6 Å². The number of para-hydroxylation sites is 1. The highest BCUT2D eigenvalue weighted by Gasteiger charge is 2.24. The fourth-order valence-corrected chi connectivity index (χ4v) is 3.04. The first-order chi connectivity index (χ1) is 12.5. The molecule has 2 rings (SSSR count). The van der Waals surface area contributed by atoms with Gasteiger partial charge in [-0.25, -0.2) is 5.43 Å². The number of hydrogen-bond donors (Lipinski definition) is 2. The first-order valence-electron chi connectivity index (χ1n) is 8.29. The largest absolute Gasteiger partial charge is 0.496 e. The van der Waals surface area contributed by atoms with Gasteiger partial charge in [-0.1, -0.05) is 32.0 Å². The predicted octanol–water partition coefficient (Wildman–Crippen LogP) is 2.59. The van der Waals surface area contributed by atoms with Crippen LogP contribution in [0.3, 0.4) is 0 Å². The molecule has 2 N–H and O–H groups in total. The van der Waals surface area contributed by atoms with Gasteiger partial charge in [0.15, 0.2) is 0 Å². The molecule has 0 aliphatic carbocycles. The fourth-order valence-electron chi connectivity index (χ4n) is 2.34. The highest BCUT2D eigenvalue weighted by molar-refractivity contribution is 7.10. The number of amides is 2. The van der Waals surface area contributed by atoms with Gasteiger partial charge in [-0.15, -0.1) is 11.3 Å². The third-order valence-corrected chi connectivity index (χ3v) is 4.57. The van der Waals surface area contributed by atoms with Crippen molar-refractivity contribution in [3.63, 3.8) is 0 Å². The molecule has 7 heteroatoms. The number of benzene rings is 1. The molecule has 0 fully saturated rings. The third-order valence-electron chi connectivity index (χ3n) is 3.70. The molecule has 1 unspecified atom stereocenters. The Hall–Kier alpha value is -2.67. The molecule has 0 radical (unpaired) electrons. The van der Waals surface area contributed by atoms with Crippen LogP contribution in [0.25, 0.3) is 0 Å². The fraction of sp³-hybridized carbons (Fsp3) is 0.316. The van der Waals surface area contributed by atoms with Crippen molar-refractivity contribution in [2.45, 2.75) is 26.3 Å². The van der Waals surface area contributed by atoms with Gasteiger partial charge in [-0.2, -0.15) is 5.10 Å². The average molecular weight is 373 g/mol. The van der Waals surface area contributed by atoms with Crippen LogP contribution in [0.2, 0.25) is 0 Å². The Morgan fingerprint density at radius 1 is 1.23 bits per heavy atom. The van der Waals surface area contributed by atoms with E-state index >= 15 is 0 Å². The maximum Gasteiger partial charge on any atom is 0.262 e. The summed E-state index contributed by atoms with van der Waals surface area (Å²) in [4.78, 5) is 25.5. The number of rotatable bonds is 8. The number of carbonyl (C=O) groups excluding carboxylic acids is 2. The quantitative estimate of drug-likeness (QED) is 0.551. The normalized spacial score (nSPS) is 12.2. The van der Waals surface area contributed by atoms with E-state index in [1.54, 1.807) is 7.11 Å². The van der Waals surface area contributed by atoms with Gasteiger partial charge in [0.05, 0.1) is 19.7 Å². The molecule has 2 aromatic rings. The van der Waals surface area contributed by atoms with E-state index in [0.717, 1.165) is 10.4 Å². The second-order valence-electron chi connectivity index (χ2n) is 6.02. The minimum absolute atomic E-state index is 0.0660. The van der Waals surface area contributed by atoms with Crippen molar-refractivity contribution in [2.24, 2.45) is 11.0 Å². The lowest BCUT2D eigenvalue weighted by Crippen LogP contribution is -2.49. The molecule has 1 heterocycles. The highest BCUT2D eigenvalue weighted by Crippen LogP contribution is 2.14. The topological polar surface area (TPSA) is 79.8 Å². The number of carbonyl (C=O) groups is 2. The number of nitrogens with zero attached hydrogens (tertiary/aromatic N) is 1. The molecule has 26 heavy (non-hydrogen) atoms. The molecule has 0 saturated carbocycles. The van der Waals surface area contributed by atoms with E-state index in [-0.39, 0.29) is 24.2 Å². The number of methoxy groups -OCH3 is 1. The van der Waals surface area contributed by atoms with Crippen LogP contribution in [-0.4, -0.2) is 31.2 Å². The first-order valence-corrected chi connectivity index (χ1v) is 9.17. The monoisotopic (exact) mass is 373 g/mol. The van der Waals surface area contributed by atoms with Crippen LogP contribution in [0.4, 0.5) is 0 Å². The molecule has 0 aliphatic rings. The van der Waals surface area contributed by atoms with Crippen molar-refractivity contribution < 1.29 is 14.3 Å². The van der Waals surface area contributed by atoms with Gasteiger partial charge in [0, 0.05) is 10.4 Å². The van der Waals surface area contributed by atoms with E-state index in [9.17, 15) is 9.59 Å². The summed E-state index contributed by atoms with van der Waals surface area (Å²) in [5, 5.41) is 8.68. The first kappa shape index (κ1) is 19.7. The zero-order chi connectivity index (χ0) is 18.9. The molecular formula is C19H23N3O3S. The van der Waals surface area contributed by atoms with E-state index in [4.69, 9.17) is 4.74 Å². The molecule has 6 nitrogen and oxygen atoms in total. The Morgan fingerprint density at radius 2 is 2.00 bits per heavy atom. The molecule has 1 aromatic carbocycles. The van der Waals surface area contributed by atoms with Crippen LogP contribution in [0.1, 0.15) is 24.3 Å². The van der Waals surface area contributed by atoms with Gasteiger partial charge >= 0.3 is 0 Å². The number of hydrazone groups is 1. The average Bonchev–Trinajstić information content (AvgIpc) is 3.12. The molecule has 0 saturated heterocycles. The van der Waals surface area contributed by atoms with Gasteiger partial charge in [0.25, 0.3) is 5.91 Å². The Kier molecular flexibility index (Phi) is 7.35. The molecule has 0 bridgehead atoms. The molecule has 138 valence electrons. The van der Waals surface area contributed by atoms with Crippen LogP contribution in [0.15, 0.2) is 46.9 Å². The van der Waals surface area contributed by atoms with Crippen LogP contribution in [-0.2, 0) is 16.0 Å². The molecule has 1 atom stereocenters. The van der Waals surface area contributed by atoms with Crippen LogP contribution in [0.5, 0.6) is 5.75 Å². The maximum atomic E-state index is 12.4. The SMILES string of the molecule is COc1ccccc1/C=N\NC(=O)C(NC(=O)Cc1cccs1)C(C)C. The summed E-state index contributed by atoms with van der Waals surface area (Å²) in [6.45, 7) is 3.75. The Bertz CT molecular complexity index is 757. The van der Waals surface area contributed by atoms with Crippen molar-refractivity contribution in [3.05, 3.63) is 52.2 Å². The minimum atomic E-state index is -0.655. The third kappa shape index (κ3) is 5.70. The second kappa shape index (κ2) is 9.72. The number of ether oxygens (including phenoxy) is 1. The van der Waals surface area contributed by atoms with Crippen LogP contribution < -0.4 is 15.5 Å². The number of hydrogen-bond acceptors (Lipinski definition) is 5. The lowest BCUT2D eigenvalue weighted by Gasteiger charge is -2.20. The lowest BCUT2D eigenvalue weighted by atomic mass is 10.0. The molecule has 1 aromatic heterocycles. The van der Waals surface area contributed by atoms with Crippen molar-refractivity contribution in [1.29, 1.82) is 0 Å². The van der Waals surface area contributed by atoms with Crippen molar-refractivity contribution in [2.75, 3.05) is 7.11 Å². The summed E-state index contributed by atoms with van der Waals surface area (Å²) in [5.74, 6) is 0.0552. The van der Waals surface area contributed by atoms with E-state index < -0.39 is 6.04 Å². The number of thiophene rings is 1. The summed E-state index contributed by atoms with van der Waals surface area (Å²) in [6, 6.07) is 10.5. The van der Waals surface area contributed by atoms with Gasteiger partial charge in [0.1, 0.15) is 11.8 Å². The minimum Gasteiger partial charge on any atom is -0.496 e. The summed E-state index contributed by atoms with van der Waals surface area (Å²) in [6.07, 6.45) is 1.78. The Morgan fingerprint density at radius 3 is 2.65 bits per heavy atom. The zero-order valence-electron chi connectivity index (χ0n) is 15.1. The predicted molar refractivity (Wildman–Crippen MR) is 104 cm³/mol. The van der Waals surface area contributed by atoms with Gasteiger partial charge < -0.3 is 10.1 Å². The van der Waals surface area contributed by atoms with Crippen molar-refractivity contribution in [1.82, 2.24) is 10.7 Å². The number of nitrogens with one attached hydrogen (secondary N) is 2. The molecule has 0 aliphatic heterocycles. The summed E-state index contributed by atoms with van der Waals surface area (Å²) < 4.78 is 5.23. The smallest absolute Gasteiger partial charge is 0.262 e. The molecule has 0 spiro atoms. The summed E-state index contributed by atoms with van der Waals surface area (Å²) >= 11 is 1.51. The lowest BCUT2D eigenvalue weighted by molar-refractivity contribution is -0.129. The van der Waals surface area contributed by atoms with Gasteiger partial charge in [-0.3, -0.25) is 9.59 Å². The van der Waals surface area contributed by atoms with E-state index in [0.29, 0.717) is 5.75 Å². The van der Waals surface area contributed by atoms with Gasteiger partial charge in [0.2, 0.25) is 5.91 Å². The maximum absolute atomic E-state index is 12.4. The van der Waals surface area contributed by atoms with Crippen molar-refractivity contribution >= 4 is 29.4 Å². The standard InChI is InChI=1S/C19H23N3O3S/c1-13(2)18(21-17(23)11-15-8-6-10-26-15)19(24)22-20-12-14-7-4-5-9-16(14)25-3/h4-10,12-13,18H,11H2,1-3H3,(H,21,23)(H,22,24)/b20-12-. The molecule has 2 amide bonds.